The Morgan fingerprint density at radius 1 is 1.40 bits per heavy atom. The van der Waals surface area contributed by atoms with E-state index in [9.17, 15) is 0 Å². The van der Waals surface area contributed by atoms with Crippen molar-refractivity contribution < 1.29 is 0 Å². The molecule has 0 spiro atoms. The van der Waals surface area contributed by atoms with Gasteiger partial charge in [-0.2, -0.15) is 0 Å². The van der Waals surface area contributed by atoms with Crippen LogP contribution in [-0.2, 0) is 6.54 Å². The second-order valence-electron chi connectivity index (χ2n) is 5.62. The Morgan fingerprint density at radius 2 is 2.20 bits per heavy atom. The molecule has 0 saturated carbocycles. The van der Waals surface area contributed by atoms with Gasteiger partial charge in [0, 0.05) is 10.3 Å². The molecule has 0 aromatic carbocycles. The summed E-state index contributed by atoms with van der Waals surface area (Å²) in [5, 5.41) is 5.38. The van der Waals surface area contributed by atoms with Crippen LogP contribution in [0.5, 0.6) is 0 Å². The highest BCUT2D eigenvalue weighted by Gasteiger charge is 2.18. The third-order valence-corrected chi connectivity index (χ3v) is 5.78. The van der Waals surface area contributed by atoms with Crippen molar-refractivity contribution in [2.75, 3.05) is 13.1 Å². The molecule has 1 saturated heterocycles. The zero-order valence-electron chi connectivity index (χ0n) is 11.8. The fourth-order valence-corrected chi connectivity index (χ4v) is 4.18. The molecule has 1 fully saturated rings. The first kappa shape index (κ1) is 14.2. The van der Waals surface area contributed by atoms with E-state index in [1.165, 1.54) is 35.8 Å². The van der Waals surface area contributed by atoms with Gasteiger partial charge in [0.2, 0.25) is 0 Å². The van der Waals surface area contributed by atoms with Gasteiger partial charge in [-0.3, -0.25) is 4.90 Å². The van der Waals surface area contributed by atoms with Crippen molar-refractivity contribution in [3.63, 3.8) is 0 Å². The zero-order chi connectivity index (χ0) is 13.9. The van der Waals surface area contributed by atoms with Gasteiger partial charge in [0.25, 0.3) is 0 Å². The van der Waals surface area contributed by atoms with Crippen molar-refractivity contribution in [1.82, 2.24) is 9.88 Å². The lowest BCUT2D eigenvalue weighted by atomic mass is 9.99. The lowest BCUT2D eigenvalue weighted by Gasteiger charge is -2.29. The summed E-state index contributed by atoms with van der Waals surface area (Å²) >= 11 is 3.44. The second-order valence-corrected chi connectivity index (χ2v) is 7.54. The molecular weight excluding hydrogens is 286 g/mol. The Morgan fingerprint density at radius 3 is 2.90 bits per heavy atom. The Bertz CT molecular complexity index is 527. The molecule has 2 aromatic rings. The van der Waals surface area contributed by atoms with E-state index in [0.717, 1.165) is 18.2 Å². The van der Waals surface area contributed by atoms with Gasteiger partial charge in [0.15, 0.2) is 0 Å². The lowest BCUT2D eigenvalue weighted by molar-refractivity contribution is 0.185. The first-order valence-electron chi connectivity index (χ1n) is 7.18. The van der Waals surface area contributed by atoms with Crippen LogP contribution in [0, 0.1) is 5.92 Å². The van der Waals surface area contributed by atoms with Gasteiger partial charge in [0.1, 0.15) is 5.01 Å². The number of nitrogens with two attached hydrogens (primary N) is 1. The first-order valence-corrected chi connectivity index (χ1v) is 8.94. The molecule has 1 unspecified atom stereocenters. The van der Waals surface area contributed by atoms with E-state index in [2.05, 4.69) is 28.7 Å². The van der Waals surface area contributed by atoms with Crippen molar-refractivity contribution >= 4 is 22.7 Å². The maximum atomic E-state index is 6.27. The van der Waals surface area contributed by atoms with Crippen LogP contribution in [-0.4, -0.2) is 23.0 Å². The Labute approximate surface area is 128 Å². The second kappa shape index (κ2) is 6.35. The highest BCUT2D eigenvalue weighted by Crippen LogP contribution is 2.26. The third-order valence-electron chi connectivity index (χ3n) is 3.97. The van der Waals surface area contributed by atoms with E-state index >= 15 is 0 Å². The normalized spacial score (nSPS) is 19.3. The molecule has 0 bridgehead atoms. The molecule has 20 heavy (non-hydrogen) atoms. The predicted molar refractivity (Wildman–Crippen MR) is 86.1 cm³/mol. The van der Waals surface area contributed by atoms with Gasteiger partial charge in [-0.05, 0) is 43.3 Å². The average Bonchev–Trinajstić information content (AvgIpc) is 3.12. The number of hydrogen-bond donors (Lipinski definition) is 1. The molecule has 0 aliphatic carbocycles. The van der Waals surface area contributed by atoms with Crippen LogP contribution >= 0.6 is 22.7 Å². The number of aromatic nitrogens is 1. The van der Waals surface area contributed by atoms with Crippen molar-refractivity contribution in [3.8, 4) is 0 Å². The van der Waals surface area contributed by atoms with E-state index in [4.69, 9.17) is 10.7 Å². The smallest absolute Gasteiger partial charge is 0.107 e. The number of thiazole rings is 1. The number of piperidine rings is 1. The molecule has 0 radical (unpaired) electrons. The molecule has 1 atom stereocenters. The van der Waals surface area contributed by atoms with Crippen molar-refractivity contribution in [2.45, 2.75) is 32.4 Å². The maximum absolute atomic E-state index is 6.27. The number of rotatable bonds is 4. The van der Waals surface area contributed by atoms with Crippen LogP contribution < -0.4 is 5.73 Å². The van der Waals surface area contributed by atoms with Gasteiger partial charge in [-0.25, -0.2) is 4.98 Å². The maximum Gasteiger partial charge on any atom is 0.107 e. The van der Waals surface area contributed by atoms with Crippen LogP contribution in [0.25, 0.3) is 0 Å². The Kier molecular flexibility index (Phi) is 4.51. The minimum Gasteiger partial charge on any atom is -0.318 e. The summed E-state index contributed by atoms with van der Waals surface area (Å²) in [6.07, 6.45) is 2.62. The molecule has 3 heterocycles. The summed E-state index contributed by atoms with van der Waals surface area (Å²) in [6, 6.07) is 4.06. The van der Waals surface area contributed by atoms with E-state index in [0.29, 0.717) is 0 Å². The van der Waals surface area contributed by atoms with Crippen LogP contribution in [0.4, 0.5) is 0 Å². The van der Waals surface area contributed by atoms with Gasteiger partial charge in [-0.1, -0.05) is 13.0 Å². The Hall–Kier alpha value is -0.750. The predicted octanol–water partition coefficient (Wildman–Crippen LogP) is 3.48. The van der Waals surface area contributed by atoms with Crippen LogP contribution in [0.1, 0.15) is 41.4 Å². The fraction of sp³-hybridized carbons (Fsp3) is 0.533. The first-order chi connectivity index (χ1) is 9.72. The summed E-state index contributed by atoms with van der Waals surface area (Å²) in [7, 11) is 0. The van der Waals surface area contributed by atoms with E-state index in [-0.39, 0.29) is 6.04 Å². The Balaban J connectivity index is 1.62. The lowest BCUT2D eigenvalue weighted by Crippen LogP contribution is -2.32. The molecule has 1 aliphatic heterocycles. The van der Waals surface area contributed by atoms with Gasteiger partial charge in [-0.15, -0.1) is 22.7 Å². The summed E-state index contributed by atoms with van der Waals surface area (Å²) in [4.78, 5) is 8.44. The molecule has 0 amide bonds. The van der Waals surface area contributed by atoms with Crippen LogP contribution in [0.3, 0.4) is 0 Å². The molecule has 5 heteroatoms. The number of likely N-dealkylation sites (tertiary alicyclic amines) is 1. The fourth-order valence-electron chi connectivity index (χ4n) is 2.57. The van der Waals surface area contributed by atoms with E-state index in [1.54, 1.807) is 22.7 Å². The van der Waals surface area contributed by atoms with Crippen LogP contribution in [0.2, 0.25) is 0 Å². The zero-order valence-corrected chi connectivity index (χ0v) is 13.4. The standard InChI is InChI=1S/C15H21N3S2/c1-11-4-6-18(7-5-11)9-14-17-12(10-20-14)15(16)13-3-2-8-19-13/h2-3,8,10-11,15H,4-7,9,16H2,1H3. The average molecular weight is 307 g/mol. The third kappa shape index (κ3) is 3.28. The van der Waals surface area contributed by atoms with Crippen LogP contribution in [0.15, 0.2) is 22.9 Å². The molecule has 3 rings (SSSR count). The van der Waals surface area contributed by atoms with Crippen molar-refractivity contribution in [3.05, 3.63) is 38.5 Å². The molecule has 108 valence electrons. The molecule has 2 N–H and O–H groups in total. The minimum absolute atomic E-state index is 0.0682. The monoisotopic (exact) mass is 307 g/mol. The molecule has 1 aliphatic rings. The summed E-state index contributed by atoms with van der Waals surface area (Å²) < 4.78 is 0. The highest BCUT2D eigenvalue weighted by molar-refractivity contribution is 7.10. The van der Waals surface area contributed by atoms with Crippen molar-refractivity contribution in [1.29, 1.82) is 0 Å². The SMILES string of the molecule is CC1CCN(Cc2nc(C(N)c3cccs3)cs2)CC1. The summed E-state index contributed by atoms with van der Waals surface area (Å²) in [5.41, 5.74) is 7.28. The number of hydrogen-bond acceptors (Lipinski definition) is 5. The number of thiophene rings is 1. The molecule has 2 aromatic heterocycles. The largest absolute Gasteiger partial charge is 0.318 e. The minimum atomic E-state index is -0.0682. The summed E-state index contributed by atoms with van der Waals surface area (Å²) in [6.45, 7) is 5.73. The topological polar surface area (TPSA) is 42.2 Å². The van der Waals surface area contributed by atoms with Crippen molar-refractivity contribution in [2.24, 2.45) is 11.7 Å². The quantitative estimate of drug-likeness (QED) is 0.940. The summed E-state index contributed by atoms with van der Waals surface area (Å²) in [5.74, 6) is 0.880. The van der Waals surface area contributed by atoms with Gasteiger partial charge >= 0.3 is 0 Å². The highest BCUT2D eigenvalue weighted by atomic mass is 32.1. The molecular formula is C15H21N3S2. The van der Waals surface area contributed by atoms with Gasteiger partial charge in [0.05, 0.1) is 18.3 Å². The van der Waals surface area contributed by atoms with Gasteiger partial charge < -0.3 is 5.73 Å². The van der Waals surface area contributed by atoms with E-state index < -0.39 is 0 Å². The number of nitrogens with zero attached hydrogens (tertiary/aromatic N) is 2. The molecule has 3 nitrogen and oxygen atoms in total. The van der Waals surface area contributed by atoms with E-state index in [1.807, 2.05) is 6.07 Å².